The molecule has 110 valence electrons. The van der Waals surface area contributed by atoms with Crippen LogP contribution in [0.1, 0.15) is 6.42 Å². The van der Waals surface area contributed by atoms with Crippen molar-refractivity contribution in [2.24, 2.45) is 0 Å². The van der Waals surface area contributed by atoms with E-state index in [9.17, 15) is 13.2 Å². The maximum Gasteiger partial charge on any atom is 0.239 e. The predicted molar refractivity (Wildman–Crippen MR) is 80.2 cm³/mol. The molecule has 20 heavy (non-hydrogen) atoms. The van der Waals surface area contributed by atoms with E-state index in [1.54, 1.807) is 18.2 Å². The van der Waals surface area contributed by atoms with Gasteiger partial charge in [0.15, 0.2) is 9.84 Å². The lowest BCUT2D eigenvalue weighted by Crippen LogP contribution is -2.39. The van der Waals surface area contributed by atoms with Crippen molar-refractivity contribution in [1.82, 2.24) is 5.32 Å². The van der Waals surface area contributed by atoms with E-state index >= 15 is 0 Å². The minimum absolute atomic E-state index is 0.00554. The van der Waals surface area contributed by atoms with E-state index in [4.69, 9.17) is 23.2 Å². The van der Waals surface area contributed by atoms with Crippen LogP contribution in [0.15, 0.2) is 18.2 Å². The average Bonchev–Trinajstić information content (AvgIpc) is 2.68. The molecule has 1 saturated heterocycles. The van der Waals surface area contributed by atoms with Crippen molar-refractivity contribution >= 4 is 44.6 Å². The van der Waals surface area contributed by atoms with Crippen molar-refractivity contribution in [3.8, 4) is 0 Å². The molecule has 1 aromatic carbocycles. The molecule has 1 aromatic rings. The number of sulfone groups is 1. The zero-order chi connectivity index (χ0) is 14.8. The highest BCUT2D eigenvalue weighted by Crippen LogP contribution is 2.29. The number of rotatable bonds is 4. The van der Waals surface area contributed by atoms with E-state index in [0.717, 1.165) is 0 Å². The minimum atomic E-state index is -3.00. The van der Waals surface area contributed by atoms with Crippen LogP contribution in [-0.4, -0.2) is 38.4 Å². The van der Waals surface area contributed by atoms with Crippen LogP contribution in [0.5, 0.6) is 0 Å². The highest BCUT2D eigenvalue weighted by atomic mass is 35.5. The highest BCUT2D eigenvalue weighted by Gasteiger charge is 2.28. The number of carbonyl (C=O) groups is 1. The summed E-state index contributed by atoms with van der Waals surface area (Å²) >= 11 is 11.9. The van der Waals surface area contributed by atoms with Gasteiger partial charge in [0.05, 0.1) is 33.8 Å². The van der Waals surface area contributed by atoms with Crippen LogP contribution < -0.4 is 10.6 Å². The van der Waals surface area contributed by atoms with Crippen LogP contribution >= 0.6 is 23.2 Å². The molecule has 0 aliphatic carbocycles. The Morgan fingerprint density at radius 1 is 1.30 bits per heavy atom. The summed E-state index contributed by atoms with van der Waals surface area (Å²) in [6, 6.07) is 4.73. The molecule has 0 saturated carbocycles. The molecule has 8 heteroatoms. The molecule has 0 bridgehead atoms. The van der Waals surface area contributed by atoms with Gasteiger partial charge in [0.2, 0.25) is 5.91 Å². The van der Waals surface area contributed by atoms with E-state index in [0.29, 0.717) is 22.2 Å². The first-order valence-corrected chi connectivity index (χ1v) is 8.63. The molecular formula is C12H14Cl2N2O3S. The third kappa shape index (κ3) is 4.01. The van der Waals surface area contributed by atoms with Crippen molar-refractivity contribution in [1.29, 1.82) is 0 Å². The van der Waals surface area contributed by atoms with Crippen molar-refractivity contribution in [3.05, 3.63) is 28.2 Å². The van der Waals surface area contributed by atoms with Crippen LogP contribution in [0.25, 0.3) is 0 Å². The first kappa shape index (κ1) is 15.4. The maximum atomic E-state index is 11.8. The number of amides is 1. The fraction of sp³-hybridized carbons (Fsp3) is 0.417. The van der Waals surface area contributed by atoms with E-state index in [1.165, 1.54) is 0 Å². The lowest BCUT2D eigenvalue weighted by Gasteiger charge is -2.13. The summed E-state index contributed by atoms with van der Waals surface area (Å²) in [5.41, 5.74) is 0.491. The molecule has 2 N–H and O–H groups in total. The Morgan fingerprint density at radius 3 is 2.50 bits per heavy atom. The minimum Gasteiger partial charge on any atom is -0.374 e. The topological polar surface area (TPSA) is 75.3 Å². The molecule has 0 aromatic heterocycles. The number of hydrogen-bond donors (Lipinski definition) is 2. The predicted octanol–water partition coefficient (Wildman–Crippen LogP) is 1.71. The number of halogens is 2. The molecule has 5 nitrogen and oxygen atoms in total. The third-order valence-electron chi connectivity index (χ3n) is 2.99. The number of hydrogen-bond acceptors (Lipinski definition) is 4. The number of nitrogens with one attached hydrogen (secondary N) is 2. The summed E-state index contributed by atoms with van der Waals surface area (Å²) in [4.78, 5) is 11.8. The second-order valence-corrected chi connectivity index (χ2v) is 7.66. The van der Waals surface area contributed by atoms with Gasteiger partial charge in [-0.15, -0.1) is 0 Å². The van der Waals surface area contributed by atoms with E-state index in [2.05, 4.69) is 10.6 Å². The Kier molecular flexibility index (Phi) is 4.78. The standard InChI is InChI=1S/C12H14Cl2N2O3S/c13-9-2-1-3-10(14)12(9)15-6-11(17)16-8-4-5-20(18,19)7-8/h1-3,8,15H,4-7H2,(H,16,17). The van der Waals surface area contributed by atoms with E-state index in [1.807, 2.05) is 0 Å². The molecule has 1 heterocycles. The summed E-state index contributed by atoms with van der Waals surface area (Å²) in [7, 11) is -3.00. The summed E-state index contributed by atoms with van der Waals surface area (Å²) in [6.07, 6.45) is 0.459. The second kappa shape index (κ2) is 6.20. The smallest absolute Gasteiger partial charge is 0.239 e. The molecular weight excluding hydrogens is 323 g/mol. The Hall–Kier alpha value is -0.980. The second-order valence-electron chi connectivity index (χ2n) is 4.62. The first-order valence-electron chi connectivity index (χ1n) is 6.05. The number of anilines is 1. The molecule has 1 unspecified atom stereocenters. The van der Waals surface area contributed by atoms with Crippen LogP contribution in [-0.2, 0) is 14.6 Å². The monoisotopic (exact) mass is 336 g/mol. The Balaban J connectivity index is 1.87. The van der Waals surface area contributed by atoms with Crippen LogP contribution in [0.3, 0.4) is 0 Å². The molecule has 1 aliphatic heterocycles. The van der Waals surface area contributed by atoms with Crippen LogP contribution in [0.2, 0.25) is 10.0 Å². The van der Waals surface area contributed by atoms with E-state index in [-0.39, 0.29) is 30.0 Å². The van der Waals surface area contributed by atoms with Gasteiger partial charge in [-0.3, -0.25) is 4.79 Å². The average molecular weight is 337 g/mol. The molecule has 0 radical (unpaired) electrons. The largest absolute Gasteiger partial charge is 0.374 e. The van der Waals surface area contributed by atoms with Gasteiger partial charge in [0.25, 0.3) is 0 Å². The summed E-state index contributed by atoms with van der Waals surface area (Å²) in [5, 5.41) is 6.38. The van der Waals surface area contributed by atoms with Gasteiger partial charge >= 0.3 is 0 Å². The van der Waals surface area contributed by atoms with Gasteiger partial charge in [-0.1, -0.05) is 29.3 Å². The third-order valence-corrected chi connectivity index (χ3v) is 5.38. The molecule has 2 rings (SSSR count). The lowest BCUT2D eigenvalue weighted by atomic mass is 10.2. The summed E-state index contributed by atoms with van der Waals surface area (Å²) in [6.45, 7) is -0.0139. The van der Waals surface area contributed by atoms with Gasteiger partial charge in [-0.2, -0.15) is 0 Å². The maximum absolute atomic E-state index is 11.8. The number of benzene rings is 1. The normalized spacial score (nSPS) is 20.6. The molecule has 1 aliphatic rings. The van der Waals surface area contributed by atoms with Gasteiger partial charge in [-0.25, -0.2) is 8.42 Å². The number of para-hydroxylation sites is 1. The Labute approximate surface area is 127 Å². The Morgan fingerprint density at radius 2 is 1.95 bits per heavy atom. The Bertz CT molecular complexity index is 599. The fourth-order valence-corrected chi connectivity index (χ4v) is 4.23. The van der Waals surface area contributed by atoms with Gasteiger partial charge in [-0.05, 0) is 18.6 Å². The molecule has 1 atom stereocenters. The summed E-state index contributed by atoms with van der Waals surface area (Å²) < 4.78 is 22.6. The highest BCUT2D eigenvalue weighted by molar-refractivity contribution is 7.91. The number of carbonyl (C=O) groups excluding carboxylic acids is 1. The SMILES string of the molecule is O=C(CNc1c(Cl)cccc1Cl)NC1CCS(=O)(=O)C1. The van der Waals surface area contributed by atoms with E-state index < -0.39 is 9.84 Å². The van der Waals surface area contributed by atoms with Crippen LogP contribution in [0, 0.1) is 0 Å². The van der Waals surface area contributed by atoms with Crippen molar-refractivity contribution in [2.45, 2.75) is 12.5 Å². The molecule has 1 amide bonds. The zero-order valence-corrected chi connectivity index (χ0v) is 12.9. The first-order chi connectivity index (χ1) is 9.37. The molecule has 1 fully saturated rings. The summed E-state index contributed by atoms with van der Waals surface area (Å²) in [5.74, 6) is -0.157. The fourth-order valence-electron chi connectivity index (χ4n) is 2.02. The van der Waals surface area contributed by atoms with Crippen molar-refractivity contribution in [3.63, 3.8) is 0 Å². The quantitative estimate of drug-likeness (QED) is 0.877. The van der Waals surface area contributed by atoms with Crippen molar-refractivity contribution in [2.75, 3.05) is 23.4 Å². The zero-order valence-electron chi connectivity index (χ0n) is 10.5. The lowest BCUT2D eigenvalue weighted by molar-refractivity contribution is -0.119. The van der Waals surface area contributed by atoms with Crippen molar-refractivity contribution < 1.29 is 13.2 Å². The van der Waals surface area contributed by atoms with Gasteiger partial charge < -0.3 is 10.6 Å². The van der Waals surface area contributed by atoms with Gasteiger partial charge in [0.1, 0.15) is 0 Å². The van der Waals surface area contributed by atoms with Gasteiger partial charge in [0, 0.05) is 6.04 Å². The van der Waals surface area contributed by atoms with Crippen LogP contribution in [0.4, 0.5) is 5.69 Å². The molecule has 0 spiro atoms.